The molecule has 1 atom stereocenters. The van der Waals surface area contributed by atoms with Crippen LogP contribution in [0.1, 0.15) is 12.8 Å². The standard InChI is InChI=1S/C17H18N2OS/c20-17(15-10-6-12-18-15)19-14-9-4-5-11-16(14)21-13-7-2-1-3-8-13/h1-5,7-9,11,15,18H,6,10,12H2,(H,19,20)/t15-/m0/s1. The average molecular weight is 298 g/mol. The fraction of sp³-hybridized carbons (Fsp3) is 0.235. The number of benzene rings is 2. The largest absolute Gasteiger partial charge is 0.324 e. The molecule has 1 fully saturated rings. The van der Waals surface area contributed by atoms with Crippen molar-refractivity contribution in [1.82, 2.24) is 5.32 Å². The van der Waals surface area contributed by atoms with Gasteiger partial charge < -0.3 is 10.6 Å². The first kappa shape index (κ1) is 14.2. The molecule has 0 aromatic heterocycles. The molecule has 1 aliphatic heterocycles. The summed E-state index contributed by atoms with van der Waals surface area (Å²) in [5, 5.41) is 6.28. The summed E-state index contributed by atoms with van der Waals surface area (Å²) in [6, 6.07) is 18.1. The molecule has 108 valence electrons. The van der Waals surface area contributed by atoms with E-state index in [1.807, 2.05) is 42.5 Å². The highest BCUT2D eigenvalue weighted by molar-refractivity contribution is 7.99. The lowest BCUT2D eigenvalue weighted by molar-refractivity contribution is -0.117. The second-order valence-corrected chi connectivity index (χ2v) is 6.16. The smallest absolute Gasteiger partial charge is 0.241 e. The Hall–Kier alpha value is -1.78. The van der Waals surface area contributed by atoms with E-state index < -0.39 is 0 Å². The van der Waals surface area contributed by atoms with E-state index in [0.717, 1.165) is 34.9 Å². The molecular weight excluding hydrogens is 280 g/mol. The number of rotatable bonds is 4. The molecule has 0 aliphatic carbocycles. The van der Waals surface area contributed by atoms with Gasteiger partial charge in [-0.1, -0.05) is 42.1 Å². The Labute approximate surface area is 129 Å². The third kappa shape index (κ3) is 3.65. The maximum atomic E-state index is 12.2. The summed E-state index contributed by atoms with van der Waals surface area (Å²) in [5.74, 6) is 0.0635. The number of hydrogen-bond donors (Lipinski definition) is 2. The van der Waals surface area contributed by atoms with Crippen LogP contribution in [0, 0.1) is 0 Å². The number of anilines is 1. The van der Waals surface area contributed by atoms with Crippen molar-refractivity contribution in [2.75, 3.05) is 11.9 Å². The van der Waals surface area contributed by atoms with Crippen LogP contribution in [0.3, 0.4) is 0 Å². The molecule has 0 spiro atoms. The lowest BCUT2D eigenvalue weighted by Gasteiger charge is -2.14. The van der Waals surface area contributed by atoms with Gasteiger partial charge in [-0.3, -0.25) is 4.79 Å². The van der Waals surface area contributed by atoms with Crippen LogP contribution in [0.15, 0.2) is 64.4 Å². The first-order chi connectivity index (χ1) is 10.3. The van der Waals surface area contributed by atoms with Crippen LogP contribution >= 0.6 is 11.8 Å². The van der Waals surface area contributed by atoms with E-state index in [2.05, 4.69) is 22.8 Å². The summed E-state index contributed by atoms with van der Waals surface area (Å²) < 4.78 is 0. The topological polar surface area (TPSA) is 41.1 Å². The van der Waals surface area contributed by atoms with Crippen molar-refractivity contribution >= 4 is 23.4 Å². The van der Waals surface area contributed by atoms with Crippen molar-refractivity contribution in [1.29, 1.82) is 0 Å². The molecule has 1 saturated heterocycles. The minimum atomic E-state index is -0.0558. The Morgan fingerprint density at radius 3 is 2.62 bits per heavy atom. The van der Waals surface area contributed by atoms with Gasteiger partial charge in [0.15, 0.2) is 0 Å². The minimum Gasteiger partial charge on any atom is -0.324 e. The molecule has 0 unspecified atom stereocenters. The normalized spacial score (nSPS) is 17.6. The van der Waals surface area contributed by atoms with Gasteiger partial charge in [-0.2, -0.15) is 0 Å². The zero-order chi connectivity index (χ0) is 14.5. The van der Waals surface area contributed by atoms with Crippen molar-refractivity contribution < 1.29 is 4.79 Å². The first-order valence-electron chi connectivity index (χ1n) is 7.19. The highest BCUT2D eigenvalue weighted by Crippen LogP contribution is 2.33. The summed E-state index contributed by atoms with van der Waals surface area (Å²) in [5.41, 5.74) is 0.880. The van der Waals surface area contributed by atoms with Gasteiger partial charge in [0, 0.05) is 9.79 Å². The molecule has 0 radical (unpaired) electrons. The Balaban J connectivity index is 1.74. The Morgan fingerprint density at radius 1 is 1.10 bits per heavy atom. The second kappa shape index (κ2) is 6.78. The van der Waals surface area contributed by atoms with Crippen molar-refractivity contribution in [3.63, 3.8) is 0 Å². The lowest BCUT2D eigenvalue weighted by atomic mass is 10.2. The first-order valence-corrected chi connectivity index (χ1v) is 8.01. The summed E-state index contributed by atoms with van der Waals surface area (Å²) >= 11 is 1.66. The van der Waals surface area contributed by atoms with E-state index in [1.165, 1.54) is 0 Å². The minimum absolute atomic E-state index is 0.0558. The number of hydrogen-bond acceptors (Lipinski definition) is 3. The number of nitrogens with one attached hydrogen (secondary N) is 2. The fourth-order valence-electron chi connectivity index (χ4n) is 2.40. The zero-order valence-electron chi connectivity index (χ0n) is 11.7. The summed E-state index contributed by atoms with van der Waals surface area (Å²) in [7, 11) is 0. The average Bonchev–Trinajstić information content (AvgIpc) is 3.05. The summed E-state index contributed by atoms with van der Waals surface area (Å²) in [4.78, 5) is 14.5. The van der Waals surface area contributed by atoms with Crippen molar-refractivity contribution in [2.24, 2.45) is 0 Å². The van der Waals surface area contributed by atoms with Crippen molar-refractivity contribution in [2.45, 2.75) is 28.7 Å². The third-order valence-electron chi connectivity index (χ3n) is 3.49. The molecule has 2 aromatic rings. The van der Waals surface area contributed by atoms with Crippen LogP contribution in [-0.2, 0) is 4.79 Å². The van der Waals surface area contributed by atoms with Gasteiger partial charge in [-0.25, -0.2) is 0 Å². The number of amides is 1. The molecule has 0 bridgehead atoms. The van der Waals surface area contributed by atoms with Gasteiger partial charge in [0.05, 0.1) is 11.7 Å². The molecule has 21 heavy (non-hydrogen) atoms. The fourth-order valence-corrected chi connectivity index (χ4v) is 3.33. The lowest BCUT2D eigenvalue weighted by Crippen LogP contribution is -2.35. The molecule has 1 heterocycles. The molecule has 2 aromatic carbocycles. The van der Waals surface area contributed by atoms with E-state index in [-0.39, 0.29) is 11.9 Å². The molecule has 3 nitrogen and oxygen atoms in total. The van der Waals surface area contributed by atoms with E-state index in [9.17, 15) is 4.79 Å². The van der Waals surface area contributed by atoms with Crippen LogP contribution in [0.2, 0.25) is 0 Å². The maximum absolute atomic E-state index is 12.2. The van der Waals surface area contributed by atoms with Crippen molar-refractivity contribution in [3.8, 4) is 0 Å². The molecule has 1 aliphatic rings. The van der Waals surface area contributed by atoms with Gasteiger partial charge in [0.1, 0.15) is 0 Å². The Bertz CT molecular complexity index is 609. The predicted molar refractivity (Wildman–Crippen MR) is 86.7 cm³/mol. The van der Waals surface area contributed by atoms with Gasteiger partial charge >= 0.3 is 0 Å². The molecular formula is C17H18N2OS. The molecule has 1 amide bonds. The van der Waals surface area contributed by atoms with E-state index in [1.54, 1.807) is 11.8 Å². The van der Waals surface area contributed by atoms with E-state index >= 15 is 0 Å². The Morgan fingerprint density at radius 2 is 1.86 bits per heavy atom. The van der Waals surface area contributed by atoms with Crippen LogP contribution < -0.4 is 10.6 Å². The quantitative estimate of drug-likeness (QED) is 0.907. The summed E-state index contributed by atoms with van der Waals surface area (Å²) in [6.45, 7) is 0.929. The van der Waals surface area contributed by atoms with Gasteiger partial charge in [0.2, 0.25) is 5.91 Å². The van der Waals surface area contributed by atoms with Gasteiger partial charge in [0.25, 0.3) is 0 Å². The number of carbonyl (C=O) groups excluding carboxylic acids is 1. The number of carbonyl (C=O) groups is 1. The van der Waals surface area contributed by atoms with E-state index in [0.29, 0.717) is 0 Å². The molecule has 3 rings (SSSR count). The predicted octanol–water partition coefficient (Wildman–Crippen LogP) is 3.53. The second-order valence-electron chi connectivity index (χ2n) is 5.05. The monoisotopic (exact) mass is 298 g/mol. The Kier molecular flexibility index (Phi) is 4.58. The molecule has 0 saturated carbocycles. The highest BCUT2D eigenvalue weighted by atomic mass is 32.2. The number of para-hydroxylation sites is 1. The van der Waals surface area contributed by atoms with Gasteiger partial charge in [-0.05, 0) is 43.7 Å². The maximum Gasteiger partial charge on any atom is 0.241 e. The highest BCUT2D eigenvalue weighted by Gasteiger charge is 2.22. The SMILES string of the molecule is O=C(Nc1ccccc1Sc1ccccc1)[C@@H]1CCCN1. The van der Waals surface area contributed by atoms with E-state index in [4.69, 9.17) is 0 Å². The summed E-state index contributed by atoms with van der Waals surface area (Å²) in [6.07, 6.45) is 1.98. The van der Waals surface area contributed by atoms with Gasteiger partial charge in [-0.15, -0.1) is 0 Å². The van der Waals surface area contributed by atoms with Crippen LogP contribution in [0.4, 0.5) is 5.69 Å². The molecule has 2 N–H and O–H groups in total. The van der Waals surface area contributed by atoms with Crippen LogP contribution in [0.5, 0.6) is 0 Å². The van der Waals surface area contributed by atoms with Crippen molar-refractivity contribution in [3.05, 3.63) is 54.6 Å². The third-order valence-corrected chi connectivity index (χ3v) is 4.58. The molecule has 4 heteroatoms. The van der Waals surface area contributed by atoms with Crippen LogP contribution in [-0.4, -0.2) is 18.5 Å². The zero-order valence-corrected chi connectivity index (χ0v) is 12.5. The van der Waals surface area contributed by atoms with Crippen LogP contribution in [0.25, 0.3) is 0 Å².